The second-order valence-electron chi connectivity index (χ2n) is 6.36. The molecule has 1 aliphatic rings. The summed E-state index contributed by atoms with van der Waals surface area (Å²) in [7, 11) is 0. The van der Waals surface area contributed by atoms with Crippen LogP contribution in [0, 0.1) is 5.41 Å². The normalized spacial score (nSPS) is 21.9. The first kappa shape index (κ1) is 15.0. The van der Waals surface area contributed by atoms with Crippen molar-refractivity contribution in [1.82, 2.24) is 4.90 Å². The molecule has 1 unspecified atom stereocenters. The van der Waals surface area contributed by atoms with Crippen LogP contribution in [0.1, 0.15) is 44.7 Å². The van der Waals surface area contributed by atoms with Crippen LogP contribution in [-0.4, -0.2) is 24.5 Å². The number of nitrogens with two attached hydrogens (primary N) is 1. The third-order valence-corrected chi connectivity index (χ3v) is 4.82. The van der Waals surface area contributed by atoms with E-state index in [2.05, 4.69) is 58.9 Å². The van der Waals surface area contributed by atoms with Crippen molar-refractivity contribution in [2.75, 3.05) is 19.6 Å². The average Bonchev–Trinajstić information content (AvgIpc) is 2.54. The van der Waals surface area contributed by atoms with Gasteiger partial charge in [-0.2, -0.15) is 0 Å². The number of nitrogens with zero attached hydrogens (tertiary/aromatic N) is 1. The van der Waals surface area contributed by atoms with Gasteiger partial charge in [0.1, 0.15) is 0 Å². The Labute approximate surface area is 125 Å². The van der Waals surface area contributed by atoms with Gasteiger partial charge in [0.2, 0.25) is 0 Å². The van der Waals surface area contributed by atoms with Crippen molar-refractivity contribution in [1.29, 1.82) is 0 Å². The maximum absolute atomic E-state index is 6.04. The molecule has 1 aromatic rings. The number of halogens is 1. The average molecular weight is 325 g/mol. The first-order valence-corrected chi connectivity index (χ1v) is 8.01. The molecule has 2 nitrogen and oxygen atoms in total. The largest absolute Gasteiger partial charge is 0.329 e. The summed E-state index contributed by atoms with van der Waals surface area (Å²) in [5, 5.41) is 0. The van der Waals surface area contributed by atoms with Crippen LogP contribution in [0.3, 0.4) is 0 Å². The van der Waals surface area contributed by atoms with E-state index in [4.69, 9.17) is 5.73 Å². The maximum Gasteiger partial charge on any atom is 0.0470 e. The van der Waals surface area contributed by atoms with E-state index < -0.39 is 0 Å². The minimum Gasteiger partial charge on any atom is -0.329 e. The van der Waals surface area contributed by atoms with Gasteiger partial charge in [-0.25, -0.2) is 0 Å². The monoisotopic (exact) mass is 324 g/mol. The van der Waals surface area contributed by atoms with Crippen molar-refractivity contribution in [2.45, 2.75) is 39.2 Å². The first-order chi connectivity index (χ1) is 9.02. The van der Waals surface area contributed by atoms with Gasteiger partial charge in [0, 0.05) is 17.1 Å². The molecule has 1 heterocycles. The van der Waals surface area contributed by atoms with E-state index in [0.717, 1.165) is 11.0 Å². The standard InChI is InChI=1S/C16H25BrN2/c1-16(2)8-3-10-19(11-9-16)15(12-18)13-4-6-14(17)7-5-13/h4-7,15H,3,8-12,18H2,1-2H3. The molecule has 0 amide bonds. The van der Waals surface area contributed by atoms with Crippen molar-refractivity contribution in [3.05, 3.63) is 34.3 Å². The van der Waals surface area contributed by atoms with E-state index in [-0.39, 0.29) is 0 Å². The molecule has 0 saturated carbocycles. The molecular formula is C16H25BrN2. The summed E-state index contributed by atoms with van der Waals surface area (Å²) in [6.45, 7) is 7.79. The van der Waals surface area contributed by atoms with E-state index >= 15 is 0 Å². The molecule has 2 N–H and O–H groups in total. The van der Waals surface area contributed by atoms with Crippen molar-refractivity contribution < 1.29 is 0 Å². The maximum atomic E-state index is 6.04. The molecule has 0 spiro atoms. The topological polar surface area (TPSA) is 29.3 Å². The Morgan fingerprint density at radius 2 is 1.89 bits per heavy atom. The lowest BCUT2D eigenvalue weighted by molar-refractivity contribution is 0.200. The molecule has 1 saturated heterocycles. The van der Waals surface area contributed by atoms with Crippen LogP contribution < -0.4 is 5.73 Å². The van der Waals surface area contributed by atoms with Gasteiger partial charge in [0.15, 0.2) is 0 Å². The van der Waals surface area contributed by atoms with Gasteiger partial charge < -0.3 is 5.73 Å². The van der Waals surface area contributed by atoms with Gasteiger partial charge in [-0.3, -0.25) is 4.90 Å². The molecule has 0 aliphatic carbocycles. The number of rotatable bonds is 3. The lowest BCUT2D eigenvalue weighted by Gasteiger charge is -2.30. The van der Waals surface area contributed by atoms with Gasteiger partial charge >= 0.3 is 0 Å². The first-order valence-electron chi connectivity index (χ1n) is 7.21. The van der Waals surface area contributed by atoms with E-state index in [1.165, 1.54) is 31.4 Å². The van der Waals surface area contributed by atoms with Crippen molar-refractivity contribution in [2.24, 2.45) is 11.1 Å². The van der Waals surface area contributed by atoms with Crippen LogP contribution in [0.15, 0.2) is 28.7 Å². The highest BCUT2D eigenvalue weighted by Crippen LogP contribution is 2.33. The van der Waals surface area contributed by atoms with Crippen molar-refractivity contribution in [3.8, 4) is 0 Å². The molecular weight excluding hydrogens is 300 g/mol. The molecule has 1 aromatic carbocycles. The van der Waals surface area contributed by atoms with E-state index in [1.807, 2.05) is 0 Å². The fourth-order valence-corrected chi connectivity index (χ4v) is 3.20. The molecule has 0 aromatic heterocycles. The second kappa shape index (κ2) is 6.38. The summed E-state index contributed by atoms with van der Waals surface area (Å²) in [5.74, 6) is 0. The Balaban J connectivity index is 2.11. The van der Waals surface area contributed by atoms with Gasteiger partial charge in [-0.05, 0) is 55.5 Å². The minimum absolute atomic E-state index is 0.363. The van der Waals surface area contributed by atoms with Crippen LogP contribution >= 0.6 is 15.9 Å². The predicted molar refractivity (Wildman–Crippen MR) is 85.1 cm³/mol. The van der Waals surface area contributed by atoms with Gasteiger partial charge in [0.25, 0.3) is 0 Å². The van der Waals surface area contributed by atoms with Crippen LogP contribution in [-0.2, 0) is 0 Å². The molecule has 1 atom stereocenters. The highest BCUT2D eigenvalue weighted by Gasteiger charge is 2.26. The van der Waals surface area contributed by atoms with Gasteiger partial charge in [0.05, 0.1) is 0 Å². The molecule has 2 rings (SSSR count). The Hall–Kier alpha value is -0.380. The van der Waals surface area contributed by atoms with E-state index in [9.17, 15) is 0 Å². The van der Waals surface area contributed by atoms with Crippen molar-refractivity contribution in [3.63, 3.8) is 0 Å². The molecule has 1 aliphatic heterocycles. The molecule has 19 heavy (non-hydrogen) atoms. The zero-order chi connectivity index (χ0) is 13.9. The minimum atomic E-state index is 0.363. The summed E-state index contributed by atoms with van der Waals surface area (Å²) in [6.07, 6.45) is 3.86. The van der Waals surface area contributed by atoms with Crippen LogP contribution in [0.2, 0.25) is 0 Å². The Morgan fingerprint density at radius 1 is 1.21 bits per heavy atom. The fraction of sp³-hybridized carbons (Fsp3) is 0.625. The number of hydrogen-bond acceptors (Lipinski definition) is 2. The van der Waals surface area contributed by atoms with Gasteiger partial charge in [-0.1, -0.05) is 41.9 Å². The van der Waals surface area contributed by atoms with Crippen LogP contribution in [0.4, 0.5) is 0 Å². The van der Waals surface area contributed by atoms with E-state index in [1.54, 1.807) is 0 Å². The zero-order valence-electron chi connectivity index (χ0n) is 12.0. The number of hydrogen-bond donors (Lipinski definition) is 1. The summed E-state index contributed by atoms with van der Waals surface area (Å²) in [6, 6.07) is 8.97. The summed E-state index contributed by atoms with van der Waals surface area (Å²) < 4.78 is 1.13. The lowest BCUT2D eigenvalue weighted by Crippen LogP contribution is -2.34. The zero-order valence-corrected chi connectivity index (χ0v) is 13.6. The smallest absolute Gasteiger partial charge is 0.0470 e. The molecule has 106 valence electrons. The highest BCUT2D eigenvalue weighted by molar-refractivity contribution is 9.10. The van der Waals surface area contributed by atoms with Crippen LogP contribution in [0.5, 0.6) is 0 Å². The van der Waals surface area contributed by atoms with Gasteiger partial charge in [-0.15, -0.1) is 0 Å². The van der Waals surface area contributed by atoms with Crippen LogP contribution in [0.25, 0.3) is 0 Å². The van der Waals surface area contributed by atoms with E-state index in [0.29, 0.717) is 18.0 Å². The number of likely N-dealkylation sites (tertiary alicyclic amines) is 1. The number of benzene rings is 1. The Morgan fingerprint density at radius 3 is 2.53 bits per heavy atom. The summed E-state index contributed by atoms with van der Waals surface area (Å²) >= 11 is 3.50. The molecule has 0 bridgehead atoms. The summed E-state index contributed by atoms with van der Waals surface area (Å²) in [5.41, 5.74) is 7.86. The summed E-state index contributed by atoms with van der Waals surface area (Å²) in [4.78, 5) is 2.57. The fourth-order valence-electron chi connectivity index (χ4n) is 2.94. The third-order valence-electron chi connectivity index (χ3n) is 4.29. The highest BCUT2D eigenvalue weighted by atomic mass is 79.9. The SMILES string of the molecule is CC1(C)CCCN(C(CN)c2ccc(Br)cc2)CC1. The Bertz CT molecular complexity index is 400. The molecule has 3 heteroatoms. The lowest BCUT2D eigenvalue weighted by atomic mass is 9.85. The second-order valence-corrected chi connectivity index (χ2v) is 7.27. The molecule has 1 fully saturated rings. The predicted octanol–water partition coefficient (Wildman–Crippen LogP) is 3.96. The van der Waals surface area contributed by atoms with Crippen molar-refractivity contribution >= 4 is 15.9 Å². The Kier molecular flexibility index (Phi) is 5.04. The molecule has 0 radical (unpaired) electrons. The quantitative estimate of drug-likeness (QED) is 0.911. The third kappa shape index (κ3) is 4.04.